The molecule has 0 radical (unpaired) electrons. The van der Waals surface area contributed by atoms with E-state index in [4.69, 9.17) is 5.73 Å². The summed E-state index contributed by atoms with van der Waals surface area (Å²) >= 11 is 0. The fraction of sp³-hybridized carbons (Fsp3) is 0.280. The van der Waals surface area contributed by atoms with Crippen LogP contribution in [0.2, 0.25) is 0 Å². The number of rotatable bonds is 5. The first-order chi connectivity index (χ1) is 15.8. The number of aromatic nitrogens is 1. The van der Waals surface area contributed by atoms with Crippen molar-refractivity contribution in [2.24, 2.45) is 0 Å². The fourth-order valence-electron chi connectivity index (χ4n) is 4.38. The van der Waals surface area contributed by atoms with Crippen LogP contribution in [0.5, 0.6) is 0 Å². The Hall–Kier alpha value is -3.55. The molecule has 5 nitrogen and oxygen atoms in total. The van der Waals surface area contributed by atoms with Crippen LogP contribution >= 0.6 is 0 Å². The first kappa shape index (κ1) is 22.6. The third-order valence-electron chi connectivity index (χ3n) is 5.96. The van der Waals surface area contributed by atoms with Crippen molar-refractivity contribution in [1.29, 1.82) is 0 Å². The van der Waals surface area contributed by atoms with Crippen molar-refractivity contribution in [3.05, 3.63) is 77.0 Å². The molecular weight excluding hydrogens is 431 g/mol. The van der Waals surface area contributed by atoms with Crippen molar-refractivity contribution in [3.8, 4) is 11.1 Å². The molecule has 2 aromatic carbocycles. The Morgan fingerprint density at radius 1 is 0.939 bits per heavy atom. The zero-order valence-corrected chi connectivity index (χ0v) is 17.8. The zero-order chi connectivity index (χ0) is 23.6. The van der Waals surface area contributed by atoms with Crippen LogP contribution < -0.4 is 11.1 Å². The van der Waals surface area contributed by atoms with Gasteiger partial charge in [0.15, 0.2) is 0 Å². The van der Waals surface area contributed by atoms with Crippen LogP contribution in [0.4, 0.5) is 19.0 Å². The number of halogens is 3. The normalized spacial score (nSPS) is 14.8. The van der Waals surface area contributed by atoms with Gasteiger partial charge in [-0.3, -0.25) is 9.59 Å². The molecule has 1 heterocycles. The van der Waals surface area contributed by atoms with E-state index in [1.54, 1.807) is 30.3 Å². The molecule has 33 heavy (non-hydrogen) atoms. The number of nitrogen functional groups attached to an aromatic ring is 1. The molecule has 4 rings (SSSR count). The number of hydrogen-bond donors (Lipinski definition) is 3. The van der Waals surface area contributed by atoms with Crippen molar-refractivity contribution < 1.29 is 22.8 Å². The number of carbonyl (C=O) groups excluding carboxylic acids is 2. The molecule has 1 fully saturated rings. The molecule has 0 bridgehead atoms. The summed E-state index contributed by atoms with van der Waals surface area (Å²) in [6.07, 6.45) is -0.0871. The summed E-state index contributed by atoms with van der Waals surface area (Å²) < 4.78 is 41.6. The van der Waals surface area contributed by atoms with Crippen LogP contribution in [0.1, 0.15) is 64.1 Å². The van der Waals surface area contributed by atoms with Crippen LogP contribution in [0.15, 0.2) is 54.6 Å². The Morgan fingerprint density at radius 3 is 2.24 bits per heavy atom. The molecule has 0 spiro atoms. The maximum atomic E-state index is 13.9. The molecule has 4 N–H and O–H groups in total. The van der Waals surface area contributed by atoms with Gasteiger partial charge in [0.05, 0.1) is 16.8 Å². The summed E-state index contributed by atoms with van der Waals surface area (Å²) in [7, 11) is 0. The smallest absolute Gasteiger partial charge is 0.385 e. The van der Waals surface area contributed by atoms with Gasteiger partial charge >= 0.3 is 6.18 Å². The maximum Gasteiger partial charge on any atom is 0.417 e. The molecular formula is C25H24F3N3O2. The second-order valence-corrected chi connectivity index (χ2v) is 8.21. The molecule has 1 amide bonds. The minimum atomic E-state index is -4.69. The second kappa shape index (κ2) is 9.13. The molecule has 1 aliphatic rings. The molecule has 0 unspecified atom stereocenters. The van der Waals surface area contributed by atoms with E-state index in [2.05, 4.69) is 10.3 Å². The topological polar surface area (TPSA) is 88.0 Å². The highest BCUT2D eigenvalue weighted by Gasteiger charge is 2.37. The monoisotopic (exact) mass is 455 g/mol. The van der Waals surface area contributed by atoms with E-state index in [0.29, 0.717) is 0 Å². The highest BCUT2D eigenvalue weighted by atomic mass is 19.4. The summed E-state index contributed by atoms with van der Waals surface area (Å²) in [5.41, 5.74) is 4.73. The molecule has 1 aromatic heterocycles. The Labute approximate surface area is 189 Å². The molecule has 0 saturated heterocycles. The van der Waals surface area contributed by atoms with Crippen LogP contribution in [-0.2, 0) is 6.18 Å². The summed E-state index contributed by atoms with van der Waals surface area (Å²) in [5.74, 6) is -1.28. The number of aromatic amines is 1. The van der Waals surface area contributed by atoms with Gasteiger partial charge in [-0.1, -0.05) is 67.8 Å². The van der Waals surface area contributed by atoms with Gasteiger partial charge in [0, 0.05) is 17.2 Å². The van der Waals surface area contributed by atoms with Crippen molar-refractivity contribution in [1.82, 2.24) is 10.3 Å². The minimum absolute atomic E-state index is 0.0838. The van der Waals surface area contributed by atoms with Gasteiger partial charge in [-0.05, 0) is 24.5 Å². The molecule has 1 saturated carbocycles. The molecule has 0 atom stereocenters. The van der Waals surface area contributed by atoms with Gasteiger partial charge < -0.3 is 16.0 Å². The van der Waals surface area contributed by atoms with E-state index in [1.807, 2.05) is 0 Å². The lowest BCUT2D eigenvalue weighted by Crippen LogP contribution is -2.36. The summed E-state index contributed by atoms with van der Waals surface area (Å²) in [4.78, 5) is 29.2. The van der Waals surface area contributed by atoms with Gasteiger partial charge in [-0.25, -0.2) is 0 Å². The van der Waals surface area contributed by atoms with E-state index in [0.717, 1.165) is 38.2 Å². The number of nitrogens with two attached hydrogens (primary N) is 1. The van der Waals surface area contributed by atoms with Crippen LogP contribution in [0, 0.1) is 0 Å². The number of nitrogens with one attached hydrogen (secondary N) is 2. The van der Waals surface area contributed by atoms with Gasteiger partial charge in [0.2, 0.25) is 5.78 Å². The van der Waals surface area contributed by atoms with Gasteiger partial charge in [0.25, 0.3) is 5.91 Å². The second-order valence-electron chi connectivity index (χ2n) is 8.21. The number of amides is 1. The Morgan fingerprint density at radius 2 is 1.58 bits per heavy atom. The fourth-order valence-corrected chi connectivity index (χ4v) is 4.38. The highest BCUT2D eigenvalue weighted by molar-refractivity contribution is 6.17. The van der Waals surface area contributed by atoms with Crippen molar-refractivity contribution in [2.75, 3.05) is 5.73 Å². The molecule has 1 aliphatic carbocycles. The number of ketones is 1. The van der Waals surface area contributed by atoms with E-state index in [-0.39, 0.29) is 39.8 Å². The predicted octanol–water partition coefficient (Wildman–Crippen LogP) is 5.58. The number of hydrogen-bond acceptors (Lipinski definition) is 3. The van der Waals surface area contributed by atoms with Crippen molar-refractivity contribution in [3.63, 3.8) is 0 Å². The minimum Gasteiger partial charge on any atom is -0.385 e. The third-order valence-corrected chi connectivity index (χ3v) is 5.96. The summed E-state index contributed by atoms with van der Waals surface area (Å²) in [6, 6.07) is 12.9. The van der Waals surface area contributed by atoms with Gasteiger partial charge in [0.1, 0.15) is 5.82 Å². The first-order valence-electron chi connectivity index (χ1n) is 10.9. The van der Waals surface area contributed by atoms with Gasteiger partial charge in [-0.2, -0.15) is 13.2 Å². The lowest BCUT2D eigenvalue weighted by atomic mass is 9.92. The maximum absolute atomic E-state index is 13.9. The molecule has 8 heteroatoms. The van der Waals surface area contributed by atoms with Crippen LogP contribution in [-0.4, -0.2) is 22.7 Å². The molecule has 172 valence electrons. The lowest BCUT2D eigenvalue weighted by Gasteiger charge is -2.23. The third kappa shape index (κ3) is 4.65. The van der Waals surface area contributed by atoms with E-state index in [9.17, 15) is 22.8 Å². The number of benzene rings is 2. The van der Waals surface area contributed by atoms with Crippen LogP contribution in [0.3, 0.4) is 0 Å². The quantitative estimate of drug-likeness (QED) is 0.439. The summed E-state index contributed by atoms with van der Waals surface area (Å²) in [5, 5.41) is 2.90. The molecule has 0 aliphatic heterocycles. The Kier molecular flexibility index (Phi) is 6.26. The standard InChI is InChI=1S/C25H24F3N3O2/c26-25(27,28)18-14-8-7-13-17(18)19-20(24(33)30-16-11-5-2-6-12-16)23(29)31-21(19)22(32)15-9-3-1-4-10-15/h1,3-4,7-10,13-14,16,31H,2,5-6,11-12,29H2,(H,30,33). The SMILES string of the molecule is Nc1[nH]c(C(=O)c2ccccc2)c(-c2ccccc2C(F)(F)F)c1C(=O)NC1CCCCC1. The van der Waals surface area contributed by atoms with E-state index in [1.165, 1.54) is 18.2 Å². The largest absolute Gasteiger partial charge is 0.417 e. The van der Waals surface area contributed by atoms with Crippen LogP contribution in [0.25, 0.3) is 11.1 Å². The average Bonchev–Trinajstić information content (AvgIpc) is 3.16. The van der Waals surface area contributed by atoms with E-state index >= 15 is 0 Å². The summed E-state index contributed by atoms with van der Waals surface area (Å²) in [6.45, 7) is 0. The number of alkyl halides is 3. The van der Waals surface area contributed by atoms with E-state index < -0.39 is 23.4 Å². The number of carbonyl (C=O) groups is 2. The number of anilines is 1. The zero-order valence-electron chi connectivity index (χ0n) is 17.8. The Balaban J connectivity index is 1.88. The van der Waals surface area contributed by atoms with Crippen molar-refractivity contribution in [2.45, 2.75) is 44.3 Å². The highest BCUT2D eigenvalue weighted by Crippen LogP contribution is 2.41. The van der Waals surface area contributed by atoms with Crippen molar-refractivity contribution >= 4 is 17.5 Å². The Bertz CT molecular complexity index is 1160. The molecule has 3 aromatic rings. The predicted molar refractivity (Wildman–Crippen MR) is 120 cm³/mol. The average molecular weight is 455 g/mol. The first-order valence-corrected chi connectivity index (χ1v) is 10.9. The van der Waals surface area contributed by atoms with Gasteiger partial charge in [-0.15, -0.1) is 0 Å². The number of H-pyrrole nitrogens is 1. The lowest BCUT2D eigenvalue weighted by molar-refractivity contribution is -0.137.